The monoisotopic (exact) mass is 323 g/mol. The number of carboxylic acid groups (broad SMARTS) is 1. The van der Waals surface area contributed by atoms with Crippen molar-refractivity contribution in [3.8, 4) is 5.75 Å². The van der Waals surface area contributed by atoms with E-state index in [-0.39, 0.29) is 6.61 Å². The molecule has 7 nitrogen and oxygen atoms in total. The Labute approximate surface area is 131 Å². The van der Waals surface area contributed by atoms with Crippen LogP contribution in [0, 0.1) is 0 Å². The van der Waals surface area contributed by atoms with Gasteiger partial charge in [0.1, 0.15) is 15.8 Å². The van der Waals surface area contributed by atoms with E-state index in [0.29, 0.717) is 22.9 Å². The van der Waals surface area contributed by atoms with Gasteiger partial charge < -0.3 is 20.3 Å². The second kappa shape index (κ2) is 7.71. The van der Waals surface area contributed by atoms with Crippen LogP contribution >= 0.6 is 11.3 Å². The third-order valence-corrected chi connectivity index (χ3v) is 4.10. The first kappa shape index (κ1) is 16.2. The maximum absolute atomic E-state index is 11.0. The van der Waals surface area contributed by atoms with Crippen LogP contribution in [0.25, 0.3) is 0 Å². The fourth-order valence-electron chi connectivity index (χ4n) is 1.95. The van der Waals surface area contributed by atoms with E-state index >= 15 is 0 Å². The molecule has 0 saturated carbocycles. The molecule has 2 rings (SSSR count). The molecule has 2 aromatic rings. The summed E-state index contributed by atoms with van der Waals surface area (Å²) in [6, 6.07) is 6.93. The molecule has 1 aromatic heterocycles. The summed E-state index contributed by atoms with van der Waals surface area (Å²) in [6.45, 7) is -0.00978. The van der Waals surface area contributed by atoms with Gasteiger partial charge in [-0.3, -0.25) is 0 Å². The minimum absolute atomic E-state index is 0.00978. The number of aliphatic hydroxyl groups is 1. The van der Waals surface area contributed by atoms with Crippen LogP contribution in [-0.2, 0) is 12.8 Å². The molecule has 3 N–H and O–H groups in total. The van der Waals surface area contributed by atoms with Gasteiger partial charge in [0.15, 0.2) is 0 Å². The fraction of sp³-hybridized carbons (Fsp3) is 0.357. The summed E-state index contributed by atoms with van der Waals surface area (Å²) in [5, 5.41) is 29.6. The molecule has 0 spiro atoms. The van der Waals surface area contributed by atoms with Crippen LogP contribution in [0.15, 0.2) is 24.3 Å². The molecule has 1 amide bonds. The number of amides is 1. The Morgan fingerprint density at radius 1 is 1.36 bits per heavy atom. The Bertz CT molecular complexity index is 615. The molecule has 0 aliphatic rings. The fourth-order valence-corrected chi connectivity index (χ4v) is 2.83. The van der Waals surface area contributed by atoms with E-state index in [0.717, 1.165) is 11.3 Å². The second-order valence-corrected chi connectivity index (χ2v) is 5.66. The van der Waals surface area contributed by atoms with Gasteiger partial charge in [0, 0.05) is 13.0 Å². The number of carbonyl (C=O) groups is 1. The Morgan fingerprint density at radius 2 is 2.09 bits per heavy atom. The predicted molar refractivity (Wildman–Crippen MR) is 81.3 cm³/mol. The summed E-state index contributed by atoms with van der Waals surface area (Å²) in [5.41, 5.74) is 0.957. The first-order valence-electron chi connectivity index (χ1n) is 6.68. The molecule has 0 unspecified atom stereocenters. The van der Waals surface area contributed by atoms with E-state index in [9.17, 15) is 4.79 Å². The molecule has 0 radical (unpaired) electrons. The Balaban J connectivity index is 2.15. The highest BCUT2D eigenvalue weighted by molar-refractivity contribution is 7.11. The highest BCUT2D eigenvalue weighted by Gasteiger charge is 2.19. The molecular formula is C14H17N3O4S. The Hall–Kier alpha value is -2.19. The van der Waals surface area contributed by atoms with Gasteiger partial charge in [-0.2, -0.15) is 0 Å². The van der Waals surface area contributed by atoms with Crippen LogP contribution in [0.5, 0.6) is 5.75 Å². The molecule has 0 bridgehead atoms. The average molecular weight is 323 g/mol. The van der Waals surface area contributed by atoms with Crippen molar-refractivity contribution < 1.29 is 19.7 Å². The first-order chi connectivity index (χ1) is 10.6. The van der Waals surface area contributed by atoms with Crippen LogP contribution in [0.1, 0.15) is 21.6 Å². The van der Waals surface area contributed by atoms with E-state index in [1.165, 1.54) is 11.3 Å². The lowest BCUT2D eigenvalue weighted by molar-refractivity contribution is 0.189. The van der Waals surface area contributed by atoms with E-state index in [2.05, 4.69) is 15.5 Å². The number of aliphatic hydroxyl groups excluding tert-OH is 1. The van der Waals surface area contributed by atoms with Crippen molar-refractivity contribution in [1.82, 2.24) is 15.5 Å². The number of nitrogens with zero attached hydrogens (tertiary/aromatic N) is 2. The van der Waals surface area contributed by atoms with Crippen LogP contribution in [0.3, 0.4) is 0 Å². The number of hydrogen-bond donors (Lipinski definition) is 3. The number of methoxy groups -OCH3 is 1. The van der Waals surface area contributed by atoms with E-state index in [1.54, 1.807) is 7.11 Å². The molecule has 1 aromatic carbocycles. The van der Waals surface area contributed by atoms with Crippen molar-refractivity contribution in [1.29, 1.82) is 0 Å². The van der Waals surface area contributed by atoms with Gasteiger partial charge >= 0.3 is 6.09 Å². The quantitative estimate of drug-likeness (QED) is 0.715. The molecular weight excluding hydrogens is 306 g/mol. The molecule has 8 heteroatoms. The lowest BCUT2D eigenvalue weighted by Gasteiger charge is -2.14. The van der Waals surface area contributed by atoms with Gasteiger partial charge in [-0.1, -0.05) is 23.5 Å². The van der Waals surface area contributed by atoms with Crippen LogP contribution in [-0.4, -0.2) is 40.2 Å². The van der Waals surface area contributed by atoms with Gasteiger partial charge in [0.2, 0.25) is 0 Å². The normalized spacial score (nSPS) is 11.9. The van der Waals surface area contributed by atoms with Gasteiger partial charge in [-0.05, 0) is 24.1 Å². The zero-order valence-corrected chi connectivity index (χ0v) is 12.8. The second-order valence-electron chi connectivity index (χ2n) is 4.56. The number of benzene rings is 1. The van der Waals surface area contributed by atoms with Crippen LogP contribution in [0.4, 0.5) is 4.79 Å². The smallest absolute Gasteiger partial charge is 0.405 e. The molecule has 0 fully saturated rings. The lowest BCUT2D eigenvalue weighted by Crippen LogP contribution is -2.28. The van der Waals surface area contributed by atoms with Gasteiger partial charge in [0.05, 0.1) is 13.2 Å². The molecule has 118 valence electrons. The average Bonchev–Trinajstić information content (AvgIpc) is 2.96. The summed E-state index contributed by atoms with van der Waals surface area (Å²) in [7, 11) is 1.59. The lowest BCUT2D eigenvalue weighted by atomic mass is 10.1. The number of aromatic nitrogens is 2. The maximum Gasteiger partial charge on any atom is 0.405 e. The van der Waals surface area contributed by atoms with Crippen molar-refractivity contribution in [3.05, 3.63) is 39.8 Å². The summed E-state index contributed by atoms with van der Waals surface area (Å²) in [5.74, 6) is 0.743. The molecule has 0 aliphatic heterocycles. The third-order valence-electron chi connectivity index (χ3n) is 3.00. The molecule has 0 saturated heterocycles. The van der Waals surface area contributed by atoms with Crippen molar-refractivity contribution >= 4 is 17.4 Å². The van der Waals surface area contributed by atoms with Crippen LogP contribution in [0.2, 0.25) is 0 Å². The van der Waals surface area contributed by atoms with Gasteiger partial charge in [-0.15, -0.1) is 10.2 Å². The SMILES string of the molecule is COc1ccc(C[C@H](NC(=O)O)c2nnc(CCO)s2)cc1. The summed E-state index contributed by atoms with van der Waals surface area (Å²) < 4.78 is 5.10. The zero-order valence-electron chi connectivity index (χ0n) is 12.0. The number of ether oxygens (including phenoxy) is 1. The number of hydrogen-bond acceptors (Lipinski definition) is 6. The highest BCUT2D eigenvalue weighted by atomic mass is 32.1. The molecule has 0 aliphatic carbocycles. The van der Waals surface area contributed by atoms with Crippen molar-refractivity contribution in [2.24, 2.45) is 0 Å². The number of rotatable bonds is 7. The highest BCUT2D eigenvalue weighted by Crippen LogP contribution is 2.23. The van der Waals surface area contributed by atoms with Gasteiger partial charge in [0.25, 0.3) is 0 Å². The Morgan fingerprint density at radius 3 is 2.68 bits per heavy atom. The van der Waals surface area contributed by atoms with Crippen LogP contribution < -0.4 is 10.1 Å². The van der Waals surface area contributed by atoms with Crippen molar-refractivity contribution in [2.45, 2.75) is 18.9 Å². The molecule has 22 heavy (non-hydrogen) atoms. The maximum atomic E-state index is 11.0. The number of nitrogens with one attached hydrogen (secondary N) is 1. The summed E-state index contributed by atoms with van der Waals surface area (Å²) in [4.78, 5) is 11.0. The zero-order chi connectivity index (χ0) is 15.9. The minimum Gasteiger partial charge on any atom is -0.497 e. The predicted octanol–water partition coefficient (Wildman–Crippen LogP) is 1.63. The summed E-state index contributed by atoms with van der Waals surface area (Å²) >= 11 is 1.30. The molecule has 1 heterocycles. The minimum atomic E-state index is -1.11. The largest absolute Gasteiger partial charge is 0.497 e. The summed E-state index contributed by atoms with van der Waals surface area (Å²) in [6.07, 6.45) is -0.234. The molecule has 1 atom stereocenters. The Kier molecular flexibility index (Phi) is 5.68. The van der Waals surface area contributed by atoms with E-state index < -0.39 is 12.1 Å². The van der Waals surface area contributed by atoms with Crippen molar-refractivity contribution in [3.63, 3.8) is 0 Å². The first-order valence-corrected chi connectivity index (χ1v) is 7.49. The third kappa shape index (κ3) is 4.40. The van der Waals surface area contributed by atoms with E-state index in [1.807, 2.05) is 24.3 Å². The van der Waals surface area contributed by atoms with E-state index in [4.69, 9.17) is 14.9 Å². The van der Waals surface area contributed by atoms with Crippen molar-refractivity contribution in [2.75, 3.05) is 13.7 Å². The standard InChI is InChI=1S/C14H17N3O4S/c1-21-10-4-2-9(3-5-10)8-11(15-14(19)20)13-17-16-12(22-13)6-7-18/h2-5,11,15,18H,6-8H2,1H3,(H,19,20)/t11-/m0/s1. The van der Waals surface area contributed by atoms with Gasteiger partial charge in [-0.25, -0.2) is 4.79 Å². The topological polar surface area (TPSA) is 105 Å².